The Kier molecular flexibility index (Phi) is 7.52. The van der Waals surface area contributed by atoms with Crippen LogP contribution in [0.4, 0.5) is 0 Å². The highest BCUT2D eigenvalue weighted by atomic mass is 32.1. The molecule has 13 aromatic rings. The van der Waals surface area contributed by atoms with Crippen molar-refractivity contribution in [3.05, 3.63) is 229 Å². The van der Waals surface area contributed by atoms with Gasteiger partial charge in [-0.05, 0) is 109 Å². The molecule has 5 nitrogen and oxygen atoms in total. The molecule has 0 radical (unpaired) electrons. The lowest BCUT2D eigenvalue weighted by Crippen LogP contribution is -2.25. The molecular formula is C61H34N4OS. The highest BCUT2D eigenvalue weighted by molar-refractivity contribution is 7.26. The largest absolute Gasteiger partial charge is 0.435 e. The SMILES string of the molecule is c1ccc(-c2nc3ccc4sc5ccc6ccc(-c7nc(-c8ccc9ccccc9c8)nc(-c8cccc9c8-c8ccccc8C98c9ccccc9-c9ccccc98)n7)cc6c5c4c3o2)cc1. The summed E-state index contributed by atoms with van der Waals surface area (Å²) < 4.78 is 8.99. The third kappa shape index (κ3) is 5.13. The lowest BCUT2D eigenvalue weighted by Gasteiger charge is -2.30. The van der Waals surface area contributed by atoms with Crippen LogP contribution in [0.15, 0.2) is 211 Å². The molecule has 0 atom stereocenters. The Balaban J connectivity index is 0.982. The third-order valence-corrected chi connectivity index (χ3v) is 15.3. The fraction of sp³-hybridized carbons (Fsp3) is 0.0164. The molecule has 3 heterocycles. The average molecular weight is 871 g/mol. The van der Waals surface area contributed by atoms with Crippen LogP contribution in [-0.2, 0) is 5.41 Å². The van der Waals surface area contributed by atoms with Gasteiger partial charge in [0.2, 0.25) is 5.89 Å². The van der Waals surface area contributed by atoms with E-state index >= 15 is 0 Å². The van der Waals surface area contributed by atoms with E-state index in [1.807, 2.05) is 30.3 Å². The number of oxazole rings is 1. The van der Waals surface area contributed by atoms with Crippen molar-refractivity contribution >= 4 is 64.2 Å². The molecule has 67 heavy (non-hydrogen) atoms. The van der Waals surface area contributed by atoms with Gasteiger partial charge < -0.3 is 4.42 Å². The van der Waals surface area contributed by atoms with Gasteiger partial charge in [0.05, 0.1) is 5.41 Å². The minimum absolute atomic E-state index is 0.490. The van der Waals surface area contributed by atoms with Crippen molar-refractivity contribution in [2.24, 2.45) is 0 Å². The van der Waals surface area contributed by atoms with Crippen LogP contribution in [0.5, 0.6) is 0 Å². The second-order valence-corrected chi connectivity index (χ2v) is 18.7. The molecule has 1 spiro atoms. The molecule has 0 aliphatic heterocycles. The summed E-state index contributed by atoms with van der Waals surface area (Å²) in [6.07, 6.45) is 0. The van der Waals surface area contributed by atoms with Gasteiger partial charge in [-0.25, -0.2) is 19.9 Å². The summed E-state index contributed by atoms with van der Waals surface area (Å²) in [5, 5.41) is 6.75. The molecule has 0 fully saturated rings. The van der Waals surface area contributed by atoms with E-state index in [-0.39, 0.29) is 0 Å². The Morgan fingerprint density at radius 2 is 0.940 bits per heavy atom. The fourth-order valence-electron chi connectivity index (χ4n) is 11.3. The van der Waals surface area contributed by atoms with Gasteiger partial charge in [-0.2, -0.15) is 0 Å². The maximum Gasteiger partial charge on any atom is 0.227 e. The van der Waals surface area contributed by atoms with Crippen LogP contribution in [0, 0.1) is 0 Å². The van der Waals surface area contributed by atoms with Crippen LogP contribution in [-0.4, -0.2) is 19.9 Å². The predicted molar refractivity (Wildman–Crippen MR) is 273 cm³/mol. The molecule has 10 aromatic carbocycles. The standard InChI is InChI=1S/C61H34N4OS/c1-2-14-37(15-3-1)60-62-50-30-32-52-55(56(50)66-60)54-45-34-40(28-26-36(45)29-31-51(54)67-52)58-63-57(39-27-25-35-13-4-5-16-38(35)33-39)64-59(65-58)44-20-12-24-49-53(44)43-19-8-11-23-48(43)61(49)46-21-9-6-17-41(46)42-18-7-10-22-47(42)61/h1-34H. The normalized spacial score (nSPS) is 13.2. The van der Waals surface area contributed by atoms with E-state index in [1.165, 1.54) is 49.0 Å². The first kappa shape index (κ1) is 36.7. The van der Waals surface area contributed by atoms with Crippen molar-refractivity contribution in [2.45, 2.75) is 5.41 Å². The first-order valence-corrected chi connectivity index (χ1v) is 23.4. The summed E-state index contributed by atoms with van der Waals surface area (Å²) in [6.45, 7) is 0. The van der Waals surface area contributed by atoms with Crippen molar-refractivity contribution in [2.75, 3.05) is 0 Å². The quantitative estimate of drug-likeness (QED) is 0.176. The molecular weight excluding hydrogens is 837 g/mol. The lowest BCUT2D eigenvalue weighted by molar-refractivity contribution is 0.623. The van der Waals surface area contributed by atoms with E-state index in [9.17, 15) is 0 Å². The van der Waals surface area contributed by atoms with Crippen LogP contribution >= 0.6 is 11.3 Å². The number of benzene rings is 10. The smallest absolute Gasteiger partial charge is 0.227 e. The summed E-state index contributed by atoms with van der Waals surface area (Å²) in [5.41, 5.74) is 14.9. The zero-order valence-electron chi connectivity index (χ0n) is 35.7. The number of fused-ring (bicyclic) bond motifs is 18. The van der Waals surface area contributed by atoms with Gasteiger partial charge in [-0.3, -0.25) is 0 Å². The first-order valence-electron chi connectivity index (χ1n) is 22.6. The second kappa shape index (κ2) is 13.7. The molecule has 6 heteroatoms. The topological polar surface area (TPSA) is 64.7 Å². The highest BCUT2D eigenvalue weighted by Crippen LogP contribution is 2.64. The summed E-state index contributed by atoms with van der Waals surface area (Å²) in [4.78, 5) is 21.2. The average Bonchev–Trinajstić information content (AvgIpc) is 4.16. The Bertz CT molecular complexity index is 4200. The van der Waals surface area contributed by atoms with Crippen LogP contribution < -0.4 is 0 Å². The monoisotopic (exact) mass is 870 g/mol. The van der Waals surface area contributed by atoms with Gasteiger partial charge in [0.1, 0.15) is 5.52 Å². The van der Waals surface area contributed by atoms with Crippen molar-refractivity contribution < 1.29 is 4.42 Å². The Hall–Kier alpha value is -8.58. The molecule has 2 aliphatic rings. The van der Waals surface area contributed by atoms with E-state index in [0.29, 0.717) is 23.4 Å². The number of thiophene rings is 1. The molecule has 0 N–H and O–H groups in total. The lowest BCUT2D eigenvalue weighted by atomic mass is 9.70. The Morgan fingerprint density at radius 3 is 1.72 bits per heavy atom. The fourth-order valence-corrected chi connectivity index (χ4v) is 12.4. The third-order valence-electron chi connectivity index (χ3n) is 14.2. The Morgan fingerprint density at radius 1 is 0.373 bits per heavy atom. The van der Waals surface area contributed by atoms with E-state index in [4.69, 9.17) is 24.4 Å². The van der Waals surface area contributed by atoms with Gasteiger partial charge in [-0.15, -0.1) is 11.3 Å². The predicted octanol–water partition coefficient (Wildman–Crippen LogP) is 15.7. The van der Waals surface area contributed by atoms with E-state index in [2.05, 4.69) is 176 Å². The zero-order valence-corrected chi connectivity index (χ0v) is 36.6. The number of aromatic nitrogens is 4. The molecule has 0 amide bonds. The van der Waals surface area contributed by atoms with Crippen LogP contribution in [0.3, 0.4) is 0 Å². The van der Waals surface area contributed by atoms with Gasteiger partial charge in [-0.1, -0.05) is 164 Å². The van der Waals surface area contributed by atoms with Crippen LogP contribution in [0.2, 0.25) is 0 Å². The van der Waals surface area contributed by atoms with Gasteiger partial charge in [0, 0.05) is 42.4 Å². The Labute approximate surface area is 388 Å². The summed E-state index contributed by atoms with van der Waals surface area (Å²) in [5.74, 6) is 2.48. The zero-order chi connectivity index (χ0) is 43.8. The number of hydrogen-bond donors (Lipinski definition) is 0. The molecule has 0 bridgehead atoms. The van der Waals surface area contributed by atoms with Crippen LogP contribution in [0.1, 0.15) is 22.3 Å². The molecule has 310 valence electrons. The van der Waals surface area contributed by atoms with Gasteiger partial charge >= 0.3 is 0 Å². The first-order chi connectivity index (χ1) is 33.2. The minimum atomic E-state index is -0.490. The molecule has 0 saturated carbocycles. The summed E-state index contributed by atoms with van der Waals surface area (Å²) in [6, 6.07) is 73.8. The molecule has 3 aromatic heterocycles. The maximum absolute atomic E-state index is 6.66. The molecule has 2 aliphatic carbocycles. The van der Waals surface area contributed by atoms with E-state index < -0.39 is 5.41 Å². The minimum Gasteiger partial charge on any atom is -0.435 e. The number of rotatable bonds is 4. The van der Waals surface area contributed by atoms with Crippen molar-refractivity contribution in [1.82, 2.24) is 19.9 Å². The molecule has 0 unspecified atom stereocenters. The number of nitrogens with zero attached hydrogens (tertiary/aromatic N) is 4. The number of hydrogen-bond acceptors (Lipinski definition) is 6. The molecule has 0 saturated heterocycles. The summed E-state index contributed by atoms with van der Waals surface area (Å²) >= 11 is 1.77. The van der Waals surface area contributed by atoms with Crippen molar-refractivity contribution in [3.8, 4) is 67.9 Å². The van der Waals surface area contributed by atoms with Crippen molar-refractivity contribution in [3.63, 3.8) is 0 Å². The van der Waals surface area contributed by atoms with Crippen LogP contribution in [0.25, 0.3) is 121 Å². The van der Waals surface area contributed by atoms with E-state index in [0.717, 1.165) is 70.5 Å². The van der Waals surface area contributed by atoms with Gasteiger partial charge in [0.15, 0.2) is 23.1 Å². The maximum atomic E-state index is 6.66. The summed E-state index contributed by atoms with van der Waals surface area (Å²) in [7, 11) is 0. The van der Waals surface area contributed by atoms with Crippen molar-refractivity contribution in [1.29, 1.82) is 0 Å². The van der Waals surface area contributed by atoms with Gasteiger partial charge in [0.25, 0.3) is 0 Å². The molecule has 15 rings (SSSR count). The second-order valence-electron chi connectivity index (χ2n) is 17.6. The van der Waals surface area contributed by atoms with E-state index in [1.54, 1.807) is 11.3 Å². The highest BCUT2D eigenvalue weighted by Gasteiger charge is 2.52.